The van der Waals surface area contributed by atoms with Gasteiger partial charge < -0.3 is 15.4 Å². The third-order valence-electron chi connectivity index (χ3n) is 4.99. The Hall–Kier alpha value is -0.610. The molecule has 1 saturated heterocycles. The van der Waals surface area contributed by atoms with Gasteiger partial charge in [0.1, 0.15) is 5.54 Å². The van der Waals surface area contributed by atoms with Gasteiger partial charge in [-0.3, -0.25) is 4.79 Å². The summed E-state index contributed by atoms with van der Waals surface area (Å²) >= 11 is 0. The summed E-state index contributed by atoms with van der Waals surface area (Å²) in [6, 6.07) is 0. The highest BCUT2D eigenvalue weighted by Gasteiger charge is 2.49. The summed E-state index contributed by atoms with van der Waals surface area (Å²) in [5.41, 5.74) is 5.64. The molecule has 2 atom stereocenters. The minimum absolute atomic E-state index is 0.227. The molecule has 2 N–H and O–H groups in total. The summed E-state index contributed by atoms with van der Waals surface area (Å²) < 4.78 is 4.96. The van der Waals surface area contributed by atoms with Crippen molar-refractivity contribution in [2.75, 3.05) is 26.7 Å². The van der Waals surface area contributed by atoms with Crippen molar-refractivity contribution in [2.45, 2.75) is 57.4 Å². The number of nitrogens with zero attached hydrogens (tertiary/aromatic N) is 1. The average Bonchev–Trinajstić information content (AvgIpc) is 3.26. The van der Waals surface area contributed by atoms with Crippen LogP contribution in [0, 0.1) is 11.8 Å². The molecule has 0 radical (unpaired) electrons. The number of rotatable bonds is 6. The molecule has 1 aliphatic carbocycles. The molecule has 2 aliphatic rings. The second-order valence-electron chi connectivity index (χ2n) is 6.67. The molecule has 0 amide bonds. The monoisotopic (exact) mass is 282 g/mol. The third kappa shape index (κ3) is 3.73. The molecule has 2 fully saturated rings. The summed E-state index contributed by atoms with van der Waals surface area (Å²) in [4.78, 5) is 14.5. The maximum atomic E-state index is 12.1. The Balaban J connectivity index is 1.92. The van der Waals surface area contributed by atoms with Crippen LogP contribution < -0.4 is 5.73 Å². The molecule has 1 heterocycles. The Morgan fingerprint density at radius 3 is 2.65 bits per heavy atom. The number of esters is 1. The van der Waals surface area contributed by atoms with Crippen molar-refractivity contribution in [3.05, 3.63) is 0 Å². The van der Waals surface area contributed by atoms with Crippen LogP contribution in [-0.4, -0.2) is 43.2 Å². The van der Waals surface area contributed by atoms with E-state index in [-0.39, 0.29) is 5.97 Å². The number of methoxy groups -OCH3 is 1. The lowest BCUT2D eigenvalue weighted by Gasteiger charge is -2.32. The molecule has 116 valence electrons. The van der Waals surface area contributed by atoms with E-state index in [0.717, 1.165) is 31.8 Å². The van der Waals surface area contributed by atoms with Gasteiger partial charge in [-0.1, -0.05) is 19.8 Å². The van der Waals surface area contributed by atoms with E-state index in [2.05, 4.69) is 11.8 Å². The van der Waals surface area contributed by atoms with E-state index in [1.165, 1.54) is 39.2 Å². The first-order valence-electron chi connectivity index (χ1n) is 8.19. The fourth-order valence-electron chi connectivity index (χ4n) is 3.60. The lowest BCUT2D eigenvalue weighted by molar-refractivity contribution is -0.148. The summed E-state index contributed by atoms with van der Waals surface area (Å²) in [6.07, 6.45) is 8.54. The lowest BCUT2D eigenvalue weighted by Crippen LogP contribution is -2.58. The van der Waals surface area contributed by atoms with Crippen molar-refractivity contribution in [1.29, 1.82) is 0 Å². The van der Waals surface area contributed by atoms with Gasteiger partial charge in [0.15, 0.2) is 0 Å². The number of hydrogen-bond acceptors (Lipinski definition) is 4. The van der Waals surface area contributed by atoms with Crippen molar-refractivity contribution in [2.24, 2.45) is 17.6 Å². The molecular formula is C16H30N2O2. The second kappa shape index (κ2) is 6.90. The van der Waals surface area contributed by atoms with Gasteiger partial charge in [0.25, 0.3) is 0 Å². The minimum Gasteiger partial charge on any atom is -0.468 e. The molecule has 0 spiro atoms. The highest BCUT2D eigenvalue weighted by atomic mass is 16.5. The number of carbonyl (C=O) groups excluding carboxylic acids is 1. The zero-order chi connectivity index (χ0) is 14.6. The van der Waals surface area contributed by atoms with Crippen molar-refractivity contribution in [1.82, 2.24) is 4.90 Å². The summed E-state index contributed by atoms with van der Waals surface area (Å²) in [7, 11) is 1.45. The number of likely N-dealkylation sites (tertiary alicyclic amines) is 1. The number of ether oxygens (including phenoxy) is 1. The zero-order valence-electron chi connectivity index (χ0n) is 13.1. The molecule has 4 heteroatoms. The van der Waals surface area contributed by atoms with Crippen molar-refractivity contribution in [3.8, 4) is 0 Å². The van der Waals surface area contributed by atoms with Crippen LogP contribution in [0.4, 0.5) is 0 Å². The van der Waals surface area contributed by atoms with Crippen molar-refractivity contribution >= 4 is 5.97 Å². The Labute approximate surface area is 123 Å². The normalized spacial score (nSPS) is 27.6. The molecule has 0 aromatic rings. The second-order valence-corrected chi connectivity index (χ2v) is 6.67. The predicted molar refractivity (Wildman–Crippen MR) is 80.3 cm³/mol. The van der Waals surface area contributed by atoms with Gasteiger partial charge in [-0.15, -0.1) is 0 Å². The van der Waals surface area contributed by atoms with E-state index in [1.807, 2.05) is 0 Å². The van der Waals surface area contributed by atoms with Gasteiger partial charge >= 0.3 is 5.97 Å². The number of nitrogens with two attached hydrogens (primary N) is 1. The largest absolute Gasteiger partial charge is 0.468 e. The fraction of sp³-hybridized carbons (Fsp3) is 0.938. The maximum Gasteiger partial charge on any atom is 0.327 e. The maximum absolute atomic E-state index is 12.1. The van der Waals surface area contributed by atoms with Gasteiger partial charge in [-0.25, -0.2) is 0 Å². The molecule has 0 aromatic carbocycles. The first kappa shape index (κ1) is 15.8. The molecule has 4 nitrogen and oxygen atoms in total. The molecule has 2 unspecified atom stereocenters. The average molecular weight is 282 g/mol. The molecule has 1 saturated carbocycles. The predicted octanol–water partition coefficient (Wildman–Crippen LogP) is 2.17. The molecule has 2 rings (SSSR count). The van der Waals surface area contributed by atoms with Crippen LogP contribution in [0.5, 0.6) is 0 Å². The summed E-state index contributed by atoms with van der Waals surface area (Å²) in [5, 5.41) is 0. The van der Waals surface area contributed by atoms with E-state index in [4.69, 9.17) is 10.5 Å². The van der Waals surface area contributed by atoms with Crippen LogP contribution in [0.1, 0.15) is 51.9 Å². The van der Waals surface area contributed by atoms with Gasteiger partial charge in [0.05, 0.1) is 7.11 Å². The highest BCUT2D eigenvalue weighted by molar-refractivity contribution is 5.81. The Kier molecular flexibility index (Phi) is 5.44. The third-order valence-corrected chi connectivity index (χ3v) is 4.99. The molecule has 1 aliphatic heterocycles. The standard InChI is InChI=1S/C16H30N2O2/c1-3-5-13-6-4-10-18(11-9-13)12-16(17,14-7-8-14)15(19)20-2/h13-14H,3-12,17H2,1-2H3. The van der Waals surface area contributed by atoms with Crippen molar-refractivity contribution < 1.29 is 9.53 Å². The Morgan fingerprint density at radius 2 is 2.05 bits per heavy atom. The molecule has 0 aromatic heterocycles. The van der Waals surface area contributed by atoms with Gasteiger partial charge in [-0.05, 0) is 57.0 Å². The zero-order valence-corrected chi connectivity index (χ0v) is 13.1. The first-order chi connectivity index (χ1) is 9.60. The van der Waals surface area contributed by atoms with Gasteiger partial charge in [0.2, 0.25) is 0 Å². The van der Waals surface area contributed by atoms with Crippen LogP contribution >= 0.6 is 0 Å². The molecule has 0 bridgehead atoms. The first-order valence-corrected chi connectivity index (χ1v) is 8.19. The van der Waals surface area contributed by atoms with Gasteiger partial charge in [-0.2, -0.15) is 0 Å². The van der Waals surface area contributed by atoms with Gasteiger partial charge in [0, 0.05) is 6.54 Å². The van der Waals surface area contributed by atoms with E-state index < -0.39 is 5.54 Å². The van der Waals surface area contributed by atoms with Crippen LogP contribution in [0.25, 0.3) is 0 Å². The fourth-order valence-corrected chi connectivity index (χ4v) is 3.60. The van der Waals surface area contributed by atoms with E-state index in [0.29, 0.717) is 12.5 Å². The Morgan fingerprint density at radius 1 is 1.30 bits per heavy atom. The minimum atomic E-state index is -0.778. The summed E-state index contributed by atoms with van der Waals surface area (Å²) in [5.74, 6) is 0.954. The number of carbonyl (C=O) groups is 1. The van der Waals surface area contributed by atoms with Crippen LogP contribution in [-0.2, 0) is 9.53 Å². The lowest BCUT2D eigenvalue weighted by atomic mass is 9.93. The highest BCUT2D eigenvalue weighted by Crippen LogP contribution is 2.39. The molecular weight excluding hydrogens is 252 g/mol. The van der Waals surface area contributed by atoms with E-state index in [1.54, 1.807) is 0 Å². The summed E-state index contributed by atoms with van der Waals surface area (Å²) in [6.45, 7) is 5.08. The smallest absolute Gasteiger partial charge is 0.327 e. The van der Waals surface area contributed by atoms with Crippen LogP contribution in [0.3, 0.4) is 0 Å². The Bertz CT molecular complexity index is 330. The van der Waals surface area contributed by atoms with Crippen molar-refractivity contribution in [3.63, 3.8) is 0 Å². The topological polar surface area (TPSA) is 55.6 Å². The quantitative estimate of drug-likeness (QED) is 0.759. The van der Waals surface area contributed by atoms with E-state index in [9.17, 15) is 4.79 Å². The van der Waals surface area contributed by atoms with Crippen LogP contribution in [0.15, 0.2) is 0 Å². The van der Waals surface area contributed by atoms with E-state index >= 15 is 0 Å². The SMILES string of the molecule is CCCC1CCCN(CC(N)(C(=O)OC)C2CC2)CC1. The molecule has 20 heavy (non-hydrogen) atoms. The van der Waals surface area contributed by atoms with Crippen LogP contribution in [0.2, 0.25) is 0 Å². The number of hydrogen-bond donors (Lipinski definition) is 1.